The van der Waals surface area contributed by atoms with E-state index in [1.165, 1.54) is 0 Å². The van der Waals surface area contributed by atoms with Crippen molar-refractivity contribution >= 4 is 16.9 Å². The third-order valence-corrected chi connectivity index (χ3v) is 5.35. The first-order chi connectivity index (χ1) is 14.5. The second kappa shape index (κ2) is 8.14. The molecule has 30 heavy (non-hydrogen) atoms. The Morgan fingerprint density at radius 3 is 2.67 bits per heavy atom. The van der Waals surface area contributed by atoms with Gasteiger partial charge in [0, 0.05) is 43.2 Å². The van der Waals surface area contributed by atoms with Gasteiger partial charge in [0.2, 0.25) is 5.91 Å². The van der Waals surface area contributed by atoms with Crippen LogP contribution >= 0.6 is 0 Å². The van der Waals surface area contributed by atoms with Crippen molar-refractivity contribution in [1.82, 2.24) is 29.4 Å². The molecule has 0 N–H and O–H groups in total. The van der Waals surface area contributed by atoms with Crippen LogP contribution in [-0.4, -0.2) is 41.9 Å². The molecule has 0 saturated heterocycles. The first-order valence-corrected chi connectivity index (χ1v) is 10.2. The number of hydrogen-bond donors (Lipinski definition) is 0. The molecule has 156 valence electrons. The van der Waals surface area contributed by atoms with Gasteiger partial charge in [-0.05, 0) is 45.9 Å². The second-order valence-corrected chi connectivity index (χ2v) is 7.28. The van der Waals surface area contributed by atoms with E-state index in [2.05, 4.69) is 15.2 Å². The maximum Gasteiger partial charge on any atom is 0.244 e. The van der Waals surface area contributed by atoms with Gasteiger partial charge in [0.1, 0.15) is 12.3 Å². The molecule has 0 radical (unpaired) electrons. The van der Waals surface area contributed by atoms with Crippen LogP contribution in [0.25, 0.3) is 22.4 Å². The molecule has 4 heterocycles. The number of carbonyl (C=O) groups excluding carboxylic acids is 1. The maximum atomic E-state index is 13.1. The molecular formula is C22H26N6O2. The van der Waals surface area contributed by atoms with E-state index in [4.69, 9.17) is 4.42 Å². The van der Waals surface area contributed by atoms with Crippen molar-refractivity contribution in [3.63, 3.8) is 0 Å². The molecular weight excluding hydrogens is 380 g/mol. The Hall–Kier alpha value is -3.42. The summed E-state index contributed by atoms with van der Waals surface area (Å²) in [6.07, 6.45) is 5.38. The molecule has 0 aliphatic heterocycles. The molecule has 0 saturated carbocycles. The molecule has 0 bridgehead atoms. The zero-order valence-corrected chi connectivity index (χ0v) is 17.8. The Kier molecular flexibility index (Phi) is 5.39. The van der Waals surface area contributed by atoms with Crippen LogP contribution in [0, 0.1) is 13.8 Å². The molecule has 1 amide bonds. The standard InChI is InChI=1S/C22H26N6O2/c1-5-26(12-17-13-27(6-2)24-15(17)3)20(29)14-28-22-21(16(4)25-28)18(9-10-23-22)19-8-7-11-30-19/h7-11,13H,5-6,12,14H2,1-4H3. The topological polar surface area (TPSA) is 82.0 Å². The molecule has 0 aromatic carbocycles. The van der Waals surface area contributed by atoms with E-state index < -0.39 is 0 Å². The highest BCUT2D eigenvalue weighted by Gasteiger charge is 2.20. The molecule has 8 heteroatoms. The lowest BCUT2D eigenvalue weighted by Gasteiger charge is -2.20. The first-order valence-electron chi connectivity index (χ1n) is 10.2. The summed E-state index contributed by atoms with van der Waals surface area (Å²) in [7, 11) is 0. The molecule has 8 nitrogen and oxygen atoms in total. The van der Waals surface area contributed by atoms with Crippen molar-refractivity contribution in [3.8, 4) is 11.3 Å². The predicted octanol–water partition coefficient (Wildman–Crippen LogP) is 3.57. The van der Waals surface area contributed by atoms with Gasteiger partial charge in [0.25, 0.3) is 0 Å². The lowest BCUT2D eigenvalue weighted by molar-refractivity contribution is -0.132. The number of aromatic nitrogens is 5. The van der Waals surface area contributed by atoms with Crippen LogP contribution in [0.1, 0.15) is 30.8 Å². The normalized spacial score (nSPS) is 11.3. The number of fused-ring (bicyclic) bond motifs is 1. The highest BCUT2D eigenvalue weighted by Crippen LogP contribution is 2.30. The van der Waals surface area contributed by atoms with Crippen LogP contribution in [0.2, 0.25) is 0 Å². The van der Waals surface area contributed by atoms with Gasteiger partial charge in [-0.15, -0.1) is 0 Å². The van der Waals surface area contributed by atoms with Gasteiger partial charge < -0.3 is 9.32 Å². The summed E-state index contributed by atoms with van der Waals surface area (Å²) in [5.74, 6) is 0.755. The van der Waals surface area contributed by atoms with Gasteiger partial charge >= 0.3 is 0 Å². The maximum absolute atomic E-state index is 13.1. The van der Waals surface area contributed by atoms with E-state index in [1.54, 1.807) is 17.1 Å². The Labute approximate surface area is 175 Å². The number of amides is 1. The van der Waals surface area contributed by atoms with Gasteiger partial charge in [-0.3, -0.25) is 9.48 Å². The fourth-order valence-corrected chi connectivity index (χ4v) is 3.72. The van der Waals surface area contributed by atoms with E-state index in [1.807, 2.05) is 61.7 Å². The van der Waals surface area contributed by atoms with Gasteiger partial charge in [-0.1, -0.05) is 0 Å². The molecule has 4 aromatic heterocycles. The molecule has 0 fully saturated rings. The summed E-state index contributed by atoms with van der Waals surface area (Å²) in [5.41, 5.74) is 4.44. The van der Waals surface area contributed by atoms with Crippen molar-refractivity contribution in [2.45, 2.75) is 47.3 Å². The van der Waals surface area contributed by atoms with Crippen molar-refractivity contribution in [2.75, 3.05) is 6.54 Å². The molecule has 0 aliphatic carbocycles. The van der Waals surface area contributed by atoms with Gasteiger partial charge in [-0.25, -0.2) is 9.67 Å². The van der Waals surface area contributed by atoms with E-state index in [0.29, 0.717) is 18.7 Å². The zero-order valence-electron chi connectivity index (χ0n) is 17.8. The molecule has 4 aromatic rings. The van der Waals surface area contributed by atoms with Gasteiger partial charge in [0.15, 0.2) is 5.65 Å². The first kappa shape index (κ1) is 19.9. The highest BCUT2D eigenvalue weighted by atomic mass is 16.3. The van der Waals surface area contributed by atoms with Crippen molar-refractivity contribution < 1.29 is 9.21 Å². The Balaban J connectivity index is 1.61. The highest BCUT2D eigenvalue weighted by molar-refractivity contribution is 5.93. The van der Waals surface area contributed by atoms with E-state index in [-0.39, 0.29) is 12.5 Å². The lowest BCUT2D eigenvalue weighted by Crippen LogP contribution is -2.33. The summed E-state index contributed by atoms with van der Waals surface area (Å²) in [6.45, 7) is 10.0. The minimum Gasteiger partial charge on any atom is -0.464 e. The number of rotatable bonds is 7. The summed E-state index contributed by atoms with van der Waals surface area (Å²) in [6, 6.07) is 5.68. The molecule has 0 spiro atoms. The number of hydrogen-bond acceptors (Lipinski definition) is 5. The Morgan fingerprint density at radius 1 is 1.17 bits per heavy atom. The Bertz CT molecular complexity index is 1170. The Morgan fingerprint density at radius 2 is 2.00 bits per heavy atom. The number of furan rings is 1. The fraction of sp³-hybridized carbons (Fsp3) is 0.364. The summed E-state index contributed by atoms with van der Waals surface area (Å²) in [4.78, 5) is 19.4. The minimum absolute atomic E-state index is 0.00394. The molecule has 0 atom stereocenters. The van der Waals surface area contributed by atoms with Gasteiger partial charge in [-0.2, -0.15) is 10.2 Å². The number of carbonyl (C=O) groups is 1. The van der Waals surface area contributed by atoms with Crippen LogP contribution in [0.4, 0.5) is 0 Å². The fourth-order valence-electron chi connectivity index (χ4n) is 3.72. The third kappa shape index (κ3) is 3.60. The molecule has 4 rings (SSSR count). The van der Waals surface area contributed by atoms with Crippen LogP contribution in [0.3, 0.4) is 0 Å². The van der Waals surface area contributed by atoms with Crippen LogP contribution in [0.15, 0.2) is 41.3 Å². The second-order valence-electron chi connectivity index (χ2n) is 7.28. The summed E-state index contributed by atoms with van der Waals surface area (Å²) < 4.78 is 9.15. The van der Waals surface area contributed by atoms with E-state index >= 15 is 0 Å². The van der Waals surface area contributed by atoms with Gasteiger partial charge in [0.05, 0.1) is 23.0 Å². The average Bonchev–Trinajstić information content (AvgIpc) is 3.46. The largest absolute Gasteiger partial charge is 0.464 e. The van der Waals surface area contributed by atoms with Crippen molar-refractivity contribution in [1.29, 1.82) is 0 Å². The predicted molar refractivity (Wildman–Crippen MR) is 114 cm³/mol. The van der Waals surface area contributed by atoms with Crippen molar-refractivity contribution in [3.05, 3.63) is 53.8 Å². The number of likely N-dealkylation sites (N-methyl/N-ethyl adjacent to an activating group) is 1. The smallest absolute Gasteiger partial charge is 0.244 e. The number of pyridine rings is 1. The monoisotopic (exact) mass is 406 g/mol. The van der Waals surface area contributed by atoms with E-state index in [0.717, 1.165) is 40.2 Å². The molecule has 0 aliphatic rings. The number of nitrogens with zero attached hydrogens (tertiary/aromatic N) is 6. The number of aryl methyl sites for hydroxylation is 3. The van der Waals surface area contributed by atoms with Crippen LogP contribution < -0.4 is 0 Å². The summed E-state index contributed by atoms with van der Waals surface area (Å²) >= 11 is 0. The van der Waals surface area contributed by atoms with Crippen LogP contribution in [-0.2, 0) is 24.4 Å². The molecule has 0 unspecified atom stereocenters. The summed E-state index contributed by atoms with van der Waals surface area (Å²) in [5, 5.41) is 9.99. The third-order valence-electron chi connectivity index (χ3n) is 5.35. The zero-order chi connectivity index (χ0) is 21.3. The SMILES string of the molecule is CCN(Cc1cn(CC)nc1C)C(=O)Cn1nc(C)c2c(-c3ccco3)ccnc21. The average molecular weight is 406 g/mol. The quantitative estimate of drug-likeness (QED) is 0.469. The van der Waals surface area contributed by atoms with Crippen molar-refractivity contribution in [2.24, 2.45) is 0 Å². The minimum atomic E-state index is -0.00394. The van der Waals surface area contributed by atoms with E-state index in [9.17, 15) is 4.79 Å². The van der Waals surface area contributed by atoms with Crippen LogP contribution in [0.5, 0.6) is 0 Å². The lowest BCUT2D eigenvalue weighted by atomic mass is 10.1.